The van der Waals surface area contributed by atoms with E-state index in [0.717, 1.165) is 6.07 Å². The number of nitrogens with one attached hydrogen (secondary N) is 1. The number of hydrogen-bond acceptors (Lipinski definition) is 3. The van der Waals surface area contributed by atoms with Crippen LogP contribution in [0.5, 0.6) is 0 Å². The fourth-order valence-corrected chi connectivity index (χ4v) is 1.92. The van der Waals surface area contributed by atoms with Crippen LogP contribution in [-0.4, -0.2) is 11.3 Å². The number of nitro groups is 1. The molecule has 0 saturated carbocycles. The fraction of sp³-hybridized carbons (Fsp3) is 0. The molecule has 0 unspecified atom stereocenters. The molecule has 0 fully saturated rings. The molecule has 1 aromatic rings. The lowest BCUT2D eigenvalue weighted by atomic mass is 10.2. The molecule has 80 valence electrons. The molecule has 1 N–H and O–H groups in total. The number of benzene rings is 1. The first-order valence-corrected chi connectivity index (χ1v) is 5.06. The van der Waals surface area contributed by atoms with Gasteiger partial charge in [-0.2, -0.15) is 0 Å². The van der Waals surface area contributed by atoms with Crippen LogP contribution in [-0.2, 0) is 4.79 Å². The molecule has 15 heavy (non-hydrogen) atoms. The molecule has 0 spiro atoms. The van der Waals surface area contributed by atoms with Gasteiger partial charge in [-0.3, -0.25) is 14.9 Å². The third-order valence-corrected chi connectivity index (χ3v) is 3.35. The number of anilines is 1. The van der Waals surface area contributed by atoms with Gasteiger partial charge in [0, 0.05) is 6.07 Å². The molecule has 0 bridgehead atoms. The van der Waals surface area contributed by atoms with Crippen LogP contribution < -0.4 is 5.32 Å². The Labute approximate surface area is 103 Å². The summed E-state index contributed by atoms with van der Waals surface area (Å²) in [6.07, 6.45) is 0.317. The van der Waals surface area contributed by atoms with E-state index in [-0.39, 0.29) is 25.9 Å². The van der Waals surface area contributed by atoms with Gasteiger partial charge in [0.25, 0.3) is 5.69 Å². The van der Waals surface area contributed by atoms with E-state index in [9.17, 15) is 14.9 Å². The summed E-state index contributed by atoms with van der Waals surface area (Å²) < 4.78 is 0.176. The van der Waals surface area contributed by atoms with Crippen molar-refractivity contribution >= 4 is 56.9 Å². The van der Waals surface area contributed by atoms with Gasteiger partial charge in [0.2, 0.25) is 6.41 Å². The molecule has 0 aliphatic carbocycles. The van der Waals surface area contributed by atoms with Crippen LogP contribution in [0.15, 0.2) is 10.5 Å². The van der Waals surface area contributed by atoms with Crippen molar-refractivity contribution < 1.29 is 9.72 Å². The molecule has 0 aliphatic rings. The molecule has 1 rings (SSSR count). The second-order valence-corrected chi connectivity index (χ2v) is 3.98. The van der Waals surface area contributed by atoms with Crippen LogP contribution in [0, 0.1) is 10.1 Å². The van der Waals surface area contributed by atoms with E-state index in [2.05, 4.69) is 21.2 Å². The molecule has 8 heteroatoms. The molecule has 0 atom stereocenters. The van der Waals surface area contributed by atoms with E-state index in [1.54, 1.807) is 0 Å². The first-order chi connectivity index (χ1) is 6.99. The van der Waals surface area contributed by atoms with Gasteiger partial charge in [-0.25, -0.2) is 0 Å². The third kappa shape index (κ3) is 2.39. The Balaban J connectivity index is 3.49. The summed E-state index contributed by atoms with van der Waals surface area (Å²) in [5, 5.41) is 13.0. The van der Waals surface area contributed by atoms with Crippen molar-refractivity contribution in [2.45, 2.75) is 0 Å². The van der Waals surface area contributed by atoms with Gasteiger partial charge in [0.05, 0.1) is 19.4 Å². The van der Waals surface area contributed by atoms with Gasteiger partial charge in [0.15, 0.2) is 0 Å². The van der Waals surface area contributed by atoms with Crippen molar-refractivity contribution in [3.8, 4) is 0 Å². The summed E-state index contributed by atoms with van der Waals surface area (Å²) >= 11 is 14.4. The zero-order valence-electron chi connectivity index (χ0n) is 6.96. The first-order valence-electron chi connectivity index (χ1n) is 3.51. The molecule has 1 amide bonds. The quantitative estimate of drug-likeness (QED) is 0.403. The molecule has 0 saturated heterocycles. The Bertz CT molecular complexity index is 439. The highest BCUT2D eigenvalue weighted by Gasteiger charge is 2.21. The minimum Gasteiger partial charge on any atom is -0.322 e. The molecule has 0 aromatic heterocycles. The molecule has 0 radical (unpaired) electrons. The highest BCUT2D eigenvalue weighted by Crippen LogP contribution is 2.42. The van der Waals surface area contributed by atoms with Crippen molar-refractivity contribution in [2.75, 3.05) is 5.32 Å². The Kier molecular flexibility index (Phi) is 3.90. The van der Waals surface area contributed by atoms with E-state index in [4.69, 9.17) is 23.2 Å². The summed E-state index contributed by atoms with van der Waals surface area (Å²) in [5.41, 5.74) is -0.354. The first kappa shape index (κ1) is 12.2. The highest BCUT2D eigenvalue weighted by molar-refractivity contribution is 9.10. The Morgan fingerprint density at radius 1 is 1.53 bits per heavy atom. The molecular weight excluding hydrogens is 311 g/mol. The van der Waals surface area contributed by atoms with E-state index in [1.807, 2.05) is 0 Å². The smallest absolute Gasteiger partial charge is 0.295 e. The van der Waals surface area contributed by atoms with Crippen molar-refractivity contribution in [3.63, 3.8) is 0 Å². The summed E-state index contributed by atoms with van der Waals surface area (Å²) in [7, 11) is 0. The number of carbonyl (C=O) groups excluding carboxylic acids is 1. The van der Waals surface area contributed by atoms with Crippen molar-refractivity contribution in [1.29, 1.82) is 0 Å². The number of carbonyl (C=O) groups is 1. The highest BCUT2D eigenvalue weighted by atomic mass is 79.9. The summed E-state index contributed by atoms with van der Waals surface area (Å²) in [6, 6.07) is 1.07. The van der Waals surface area contributed by atoms with Crippen LogP contribution in [0.4, 0.5) is 11.4 Å². The van der Waals surface area contributed by atoms with Crippen molar-refractivity contribution in [3.05, 3.63) is 30.7 Å². The van der Waals surface area contributed by atoms with E-state index >= 15 is 0 Å². The molecule has 0 heterocycles. The zero-order chi connectivity index (χ0) is 11.6. The van der Waals surface area contributed by atoms with E-state index in [1.165, 1.54) is 0 Å². The van der Waals surface area contributed by atoms with Gasteiger partial charge in [-0.05, 0) is 15.9 Å². The summed E-state index contributed by atoms with van der Waals surface area (Å²) in [5.74, 6) is 0. The van der Waals surface area contributed by atoms with Crippen LogP contribution in [0.2, 0.25) is 10.0 Å². The maximum absolute atomic E-state index is 10.6. The van der Waals surface area contributed by atoms with Crippen LogP contribution in [0.1, 0.15) is 0 Å². The lowest BCUT2D eigenvalue weighted by molar-refractivity contribution is -0.384. The number of hydrogen-bond donors (Lipinski definition) is 1. The number of nitro benzene ring substituents is 1. The number of nitrogens with zero attached hydrogens (tertiary/aromatic N) is 1. The second kappa shape index (κ2) is 4.78. The summed E-state index contributed by atoms with van der Waals surface area (Å²) in [6.45, 7) is 0. The predicted octanol–water partition coefficient (Wildman–Crippen LogP) is 3.23. The second-order valence-electron chi connectivity index (χ2n) is 2.40. The van der Waals surface area contributed by atoms with E-state index in [0.29, 0.717) is 6.41 Å². The number of halogens is 3. The Morgan fingerprint density at radius 2 is 2.13 bits per heavy atom. The minimum atomic E-state index is -0.668. The molecule has 0 aliphatic heterocycles. The normalized spacial score (nSPS) is 9.80. The monoisotopic (exact) mass is 312 g/mol. The molecular formula is C7H3BrCl2N2O3. The minimum absolute atomic E-state index is 0.0237. The number of amides is 1. The fourth-order valence-electron chi connectivity index (χ4n) is 0.923. The van der Waals surface area contributed by atoms with Gasteiger partial charge in [-0.1, -0.05) is 23.2 Å². The van der Waals surface area contributed by atoms with Gasteiger partial charge in [-0.15, -0.1) is 0 Å². The number of rotatable bonds is 3. The molecule has 1 aromatic carbocycles. The Hall–Kier alpha value is -0.850. The Morgan fingerprint density at radius 3 is 2.60 bits per heavy atom. The SMILES string of the molecule is O=CNc1c([N+](=O)[O-])cc(Cl)c(Cl)c1Br. The van der Waals surface area contributed by atoms with E-state index < -0.39 is 4.92 Å². The van der Waals surface area contributed by atoms with Gasteiger partial charge >= 0.3 is 0 Å². The maximum atomic E-state index is 10.6. The lowest BCUT2D eigenvalue weighted by Gasteiger charge is -2.06. The average Bonchev–Trinajstić information content (AvgIpc) is 2.18. The maximum Gasteiger partial charge on any atom is 0.295 e. The van der Waals surface area contributed by atoms with Crippen LogP contribution in [0.3, 0.4) is 0 Å². The standard InChI is InChI=1S/C7H3BrCl2N2O3/c8-5-6(10)3(9)1-4(12(14)15)7(5)11-2-13/h1-2H,(H,11,13). The predicted molar refractivity (Wildman–Crippen MR) is 60.5 cm³/mol. The largest absolute Gasteiger partial charge is 0.322 e. The average molecular weight is 314 g/mol. The molecule has 5 nitrogen and oxygen atoms in total. The summed E-state index contributed by atoms with van der Waals surface area (Å²) in [4.78, 5) is 20.2. The van der Waals surface area contributed by atoms with Gasteiger partial charge < -0.3 is 5.32 Å². The van der Waals surface area contributed by atoms with Crippen LogP contribution >= 0.6 is 39.1 Å². The van der Waals surface area contributed by atoms with Crippen molar-refractivity contribution in [2.24, 2.45) is 0 Å². The zero-order valence-corrected chi connectivity index (χ0v) is 10.1. The van der Waals surface area contributed by atoms with Crippen molar-refractivity contribution in [1.82, 2.24) is 0 Å². The third-order valence-electron chi connectivity index (χ3n) is 1.54. The van der Waals surface area contributed by atoms with Crippen LogP contribution in [0.25, 0.3) is 0 Å². The van der Waals surface area contributed by atoms with Gasteiger partial charge in [0.1, 0.15) is 5.69 Å². The lowest BCUT2D eigenvalue weighted by Crippen LogP contribution is -2.01. The topological polar surface area (TPSA) is 72.2 Å².